The molecule has 0 aliphatic carbocycles. The normalized spacial score (nSPS) is 18.3. The number of hydrogen-bond acceptors (Lipinski definition) is 3. The molecule has 6 heteroatoms. The van der Waals surface area contributed by atoms with E-state index in [1.807, 2.05) is 0 Å². The SMILES string of the molecule is Cc1ccc(NC(=O)C2CCNC2)cc1OCC(F)F. The van der Waals surface area contributed by atoms with Crippen LogP contribution in [-0.4, -0.2) is 32.0 Å². The van der Waals surface area contributed by atoms with Crippen molar-refractivity contribution in [2.75, 3.05) is 25.0 Å². The summed E-state index contributed by atoms with van der Waals surface area (Å²) >= 11 is 0. The van der Waals surface area contributed by atoms with Gasteiger partial charge in [0.25, 0.3) is 6.43 Å². The molecule has 1 fully saturated rings. The minimum absolute atomic E-state index is 0.0401. The van der Waals surface area contributed by atoms with Crippen LogP contribution in [0.3, 0.4) is 0 Å². The zero-order chi connectivity index (χ0) is 14.5. The lowest BCUT2D eigenvalue weighted by Gasteiger charge is -2.13. The van der Waals surface area contributed by atoms with E-state index in [-0.39, 0.29) is 11.8 Å². The van der Waals surface area contributed by atoms with Gasteiger partial charge in [0, 0.05) is 18.3 Å². The lowest BCUT2D eigenvalue weighted by Crippen LogP contribution is -2.24. The summed E-state index contributed by atoms with van der Waals surface area (Å²) in [4.78, 5) is 12.0. The third kappa shape index (κ3) is 3.90. The van der Waals surface area contributed by atoms with E-state index in [2.05, 4.69) is 10.6 Å². The smallest absolute Gasteiger partial charge is 0.272 e. The van der Waals surface area contributed by atoms with Gasteiger partial charge in [-0.2, -0.15) is 0 Å². The van der Waals surface area contributed by atoms with Crippen LogP contribution in [0, 0.1) is 12.8 Å². The Morgan fingerprint density at radius 1 is 1.55 bits per heavy atom. The summed E-state index contributed by atoms with van der Waals surface area (Å²) in [6, 6.07) is 5.06. The molecule has 0 spiro atoms. The zero-order valence-electron chi connectivity index (χ0n) is 11.3. The van der Waals surface area contributed by atoms with Gasteiger partial charge in [0.1, 0.15) is 12.4 Å². The van der Waals surface area contributed by atoms with Crippen molar-refractivity contribution in [1.82, 2.24) is 5.32 Å². The van der Waals surface area contributed by atoms with Gasteiger partial charge in [-0.15, -0.1) is 0 Å². The van der Waals surface area contributed by atoms with Gasteiger partial charge < -0.3 is 15.4 Å². The molecular formula is C14H18F2N2O2. The summed E-state index contributed by atoms with van der Waals surface area (Å²) in [6.07, 6.45) is -1.70. The summed E-state index contributed by atoms with van der Waals surface area (Å²) < 4.78 is 29.4. The molecule has 1 amide bonds. The van der Waals surface area contributed by atoms with E-state index < -0.39 is 13.0 Å². The lowest BCUT2D eigenvalue weighted by atomic mass is 10.1. The number of hydrogen-bond donors (Lipinski definition) is 2. The molecule has 1 heterocycles. The first-order valence-electron chi connectivity index (χ1n) is 6.59. The highest BCUT2D eigenvalue weighted by Gasteiger charge is 2.22. The molecule has 2 N–H and O–H groups in total. The average Bonchev–Trinajstić information content (AvgIpc) is 2.93. The van der Waals surface area contributed by atoms with E-state index in [1.54, 1.807) is 25.1 Å². The van der Waals surface area contributed by atoms with E-state index in [0.717, 1.165) is 18.5 Å². The molecule has 1 aliphatic heterocycles. The first-order chi connectivity index (χ1) is 9.56. The number of rotatable bonds is 5. The van der Waals surface area contributed by atoms with E-state index in [0.29, 0.717) is 18.0 Å². The monoisotopic (exact) mass is 284 g/mol. The Labute approximate surface area is 116 Å². The molecular weight excluding hydrogens is 266 g/mol. The van der Waals surface area contributed by atoms with Crippen molar-refractivity contribution >= 4 is 11.6 Å². The standard InChI is InChI=1S/C14H18F2N2O2/c1-9-2-3-11(6-12(9)20-8-13(15)16)18-14(19)10-4-5-17-7-10/h2-3,6,10,13,17H,4-5,7-8H2,1H3,(H,18,19). The number of carbonyl (C=O) groups excluding carboxylic acids is 1. The third-order valence-corrected chi connectivity index (χ3v) is 3.25. The second kappa shape index (κ2) is 6.65. The Morgan fingerprint density at radius 3 is 3.00 bits per heavy atom. The topological polar surface area (TPSA) is 50.4 Å². The molecule has 1 saturated heterocycles. The van der Waals surface area contributed by atoms with Crippen LogP contribution in [0.15, 0.2) is 18.2 Å². The Balaban J connectivity index is 2.00. The Bertz CT molecular complexity index is 474. The Kier molecular flexibility index (Phi) is 4.89. The van der Waals surface area contributed by atoms with Gasteiger partial charge in [0.2, 0.25) is 5.91 Å². The van der Waals surface area contributed by atoms with Crippen molar-refractivity contribution in [3.8, 4) is 5.75 Å². The van der Waals surface area contributed by atoms with Crippen LogP contribution in [0.1, 0.15) is 12.0 Å². The third-order valence-electron chi connectivity index (χ3n) is 3.25. The van der Waals surface area contributed by atoms with Crippen molar-refractivity contribution in [3.63, 3.8) is 0 Å². The van der Waals surface area contributed by atoms with Gasteiger partial charge in [0.05, 0.1) is 5.92 Å². The average molecular weight is 284 g/mol. The quantitative estimate of drug-likeness (QED) is 0.871. The molecule has 0 bridgehead atoms. The van der Waals surface area contributed by atoms with Gasteiger partial charge in [-0.25, -0.2) is 8.78 Å². The van der Waals surface area contributed by atoms with E-state index in [4.69, 9.17) is 4.74 Å². The predicted molar refractivity (Wildman–Crippen MR) is 72.3 cm³/mol. The number of aryl methyl sites for hydroxylation is 1. The number of amides is 1. The van der Waals surface area contributed by atoms with Crippen LogP contribution >= 0.6 is 0 Å². The molecule has 2 rings (SSSR count). The fourth-order valence-electron chi connectivity index (χ4n) is 2.11. The summed E-state index contributed by atoms with van der Waals surface area (Å²) in [6.45, 7) is 2.64. The van der Waals surface area contributed by atoms with Gasteiger partial charge in [-0.3, -0.25) is 4.79 Å². The lowest BCUT2D eigenvalue weighted by molar-refractivity contribution is -0.119. The molecule has 0 radical (unpaired) electrons. The molecule has 1 aromatic carbocycles. The van der Waals surface area contributed by atoms with Crippen LogP contribution in [-0.2, 0) is 4.79 Å². The largest absolute Gasteiger partial charge is 0.487 e. The molecule has 20 heavy (non-hydrogen) atoms. The highest BCUT2D eigenvalue weighted by atomic mass is 19.3. The molecule has 110 valence electrons. The first kappa shape index (κ1) is 14.7. The van der Waals surface area contributed by atoms with Gasteiger partial charge in [-0.05, 0) is 31.5 Å². The fourth-order valence-corrected chi connectivity index (χ4v) is 2.11. The minimum atomic E-state index is -2.52. The number of carbonyl (C=O) groups is 1. The first-order valence-corrected chi connectivity index (χ1v) is 6.59. The predicted octanol–water partition coefficient (Wildman–Crippen LogP) is 2.19. The second-order valence-electron chi connectivity index (χ2n) is 4.86. The maximum atomic E-state index is 12.2. The molecule has 4 nitrogen and oxygen atoms in total. The maximum absolute atomic E-state index is 12.2. The number of alkyl halides is 2. The molecule has 1 aromatic rings. The number of nitrogens with one attached hydrogen (secondary N) is 2. The summed E-state index contributed by atoms with van der Waals surface area (Å²) in [5.41, 5.74) is 1.32. The number of halogens is 2. The Morgan fingerprint density at radius 2 is 2.35 bits per heavy atom. The van der Waals surface area contributed by atoms with Crippen LogP contribution < -0.4 is 15.4 Å². The second-order valence-corrected chi connectivity index (χ2v) is 4.86. The molecule has 1 atom stereocenters. The van der Waals surface area contributed by atoms with E-state index in [9.17, 15) is 13.6 Å². The molecule has 0 aromatic heterocycles. The van der Waals surface area contributed by atoms with E-state index >= 15 is 0 Å². The summed E-state index contributed by atoms with van der Waals surface area (Å²) in [5.74, 6) is 0.271. The van der Waals surface area contributed by atoms with Gasteiger partial charge in [-0.1, -0.05) is 6.07 Å². The molecule has 0 saturated carbocycles. The van der Waals surface area contributed by atoms with Gasteiger partial charge >= 0.3 is 0 Å². The minimum Gasteiger partial charge on any atom is -0.487 e. The van der Waals surface area contributed by atoms with Crippen molar-refractivity contribution in [1.29, 1.82) is 0 Å². The van der Waals surface area contributed by atoms with Crippen LogP contribution in [0.2, 0.25) is 0 Å². The maximum Gasteiger partial charge on any atom is 0.272 e. The molecule has 1 aliphatic rings. The van der Waals surface area contributed by atoms with Crippen LogP contribution in [0.5, 0.6) is 5.75 Å². The van der Waals surface area contributed by atoms with Crippen LogP contribution in [0.25, 0.3) is 0 Å². The Hall–Kier alpha value is -1.69. The van der Waals surface area contributed by atoms with Gasteiger partial charge in [0.15, 0.2) is 0 Å². The number of anilines is 1. The van der Waals surface area contributed by atoms with Crippen molar-refractivity contribution in [3.05, 3.63) is 23.8 Å². The number of ether oxygens (including phenoxy) is 1. The van der Waals surface area contributed by atoms with Crippen molar-refractivity contribution in [2.24, 2.45) is 5.92 Å². The van der Waals surface area contributed by atoms with Crippen molar-refractivity contribution in [2.45, 2.75) is 19.8 Å². The highest BCUT2D eigenvalue weighted by Crippen LogP contribution is 2.24. The van der Waals surface area contributed by atoms with Crippen LogP contribution in [0.4, 0.5) is 14.5 Å². The highest BCUT2D eigenvalue weighted by molar-refractivity contribution is 5.93. The number of benzene rings is 1. The zero-order valence-corrected chi connectivity index (χ0v) is 11.3. The van der Waals surface area contributed by atoms with E-state index in [1.165, 1.54) is 0 Å². The molecule has 1 unspecified atom stereocenters. The fraction of sp³-hybridized carbons (Fsp3) is 0.500. The summed E-state index contributed by atoms with van der Waals surface area (Å²) in [7, 11) is 0. The summed E-state index contributed by atoms with van der Waals surface area (Å²) in [5, 5.41) is 5.92. The van der Waals surface area contributed by atoms with Crippen molar-refractivity contribution < 1.29 is 18.3 Å².